The van der Waals surface area contributed by atoms with E-state index in [0.717, 1.165) is 12.8 Å². The minimum atomic E-state index is -0.626. The van der Waals surface area contributed by atoms with Crippen LogP contribution in [0.4, 0.5) is 0 Å². The monoisotopic (exact) mass is 295 g/mol. The smallest absolute Gasteiger partial charge is 0.330 e. The van der Waals surface area contributed by atoms with Crippen LogP contribution in [-0.2, 0) is 16.0 Å². The van der Waals surface area contributed by atoms with E-state index in [2.05, 4.69) is 20.5 Å². The molecule has 1 saturated heterocycles. The molecule has 116 valence electrons. The molecule has 1 unspecified atom stereocenters. The molecule has 1 atom stereocenters. The Bertz CT molecular complexity index is 502. The standard InChI is InChI=1S/C13H21N5O3/c1-3-5-10-15-11(17-16-10)12(19)18-7-6-14-8-9(18)13(20)21-4-2/h9,14H,3-8H2,1-2H3,(H,15,16,17). The van der Waals surface area contributed by atoms with Crippen molar-refractivity contribution in [3.63, 3.8) is 0 Å². The first-order valence-electron chi connectivity index (χ1n) is 7.27. The number of aromatic nitrogens is 3. The largest absolute Gasteiger partial charge is 0.464 e. The molecular weight excluding hydrogens is 274 g/mol. The van der Waals surface area contributed by atoms with Crippen molar-refractivity contribution in [2.75, 3.05) is 26.2 Å². The molecule has 1 amide bonds. The molecule has 0 bridgehead atoms. The van der Waals surface area contributed by atoms with Gasteiger partial charge in [-0.1, -0.05) is 6.92 Å². The van der Waals surface area contributed by atoms with E-state index in [1.54, 1.807) is 6.92 Å². The Kier molecular flexibility index (Phi) is 5.26. The number of rotatable bonds is 5. The van der Waals surface area contributed by atoms with Crippen LogP contribution in [-0.4, -0.2) is 64.2 Å². The highest BCUT2D eigenvalue weighted by atomic mass is 16.5. The fourth-order valence-corrected chi connectivity index (χ4v) is 2.26. The number of piperazine rings is 1. The Morgan fingerprint density at radius 3 is 2.95 bits per heavy atom. The Morgan fingerprint density at radius 1 is 1.43 bits per heavy atom. The quantitative estimate of drug-likeness (QED) is 0.726. The maximum Gasteiger partial charge on any atom is 0.330 e. The molecule has 0 saturated carbocycles. The van der Waals surface area contributed by atoms with Crippen molar-refractivity contribution in [1.82, 2.24) is 25.4 Å². The highest BCUT2D eigenvalue weighted by Gasteiger charge is 2.35. The number of H-pyrrole nitrogens is 1. The number of amides is 1. The number of nitrogens with zero attached hydrogens (tertiary/aromatic N) is 3. The third-order valence-corrected chi connectivity index (χ3v) is 3.27. The Labute approximate surface area is 123 Å². The average molecular weight is 295 g/mol. The van der Waals surface area contributed by atoms with Gasteiger partial charge in [0.2, 0.25) is 5.82 Å². The van der Waals surface area contributed by atoms with Gasteiger partial charge in [0.15, 0.2) is 0 Å². The normalized spacial score (nSPS) is 18.6. The Balaban J connectivity index is 2.12. The number of carbonyl (C=O) groups is 2. The van der Waals surface area contributed by atoms with Crippen molar-refractivity contribution in [3.8, 4) is 0 Å². The van der Waals surface area contributed by atoms with Gasteiger partial charge in [-0.15, -0.1) is 5.10 Å². The Hall–Kier alpha value is -1.96. The number of ether oxygens (including phenoxy) is 1. The lowest BCUT2D eigenvalue weighted by atomic mass is 10.2. The van der Waals surface area contributed by atoms with Crippen molar-refractivity contribution in [1.29, 1.82) is 0 Å². The third kappa shape index (κ3) is 3.57. The number of aryl methyl sites for hydroxylation is 1. The van der Waals surface area contributed by atoms with Crippen LogP contribution in [0, 0.1) is 0 Å². The number of esters is 1. The number of hydrogen-bond acceptors (Lipinski definition) is 6. The van der Waals surface area contributed by atoms with E-state index in [9.17, 15) is 9.59 Å². The molecule has 2 heterocycles. The molecule has 1 aliphatic heterocycles. The second-order valence-corrected chi connectivity index (χ2v) is 4.83. The van der Waals surface area contributed by atoms with E-state index in [1.807, 2.05) is 6.92 Å². The van der Waals surface area contributed by atoms with Crippen molar-refractivity contribution in [2.24, 2.45) is 0 Å². The molecule has 0 radical (unpaired) electrons. The van der Waals surface area contributed by atoms with Gasteiger partial charge in [-0.05, 0) is 13.3 Å². The van der Waals surface area contributed by atoms with E-state index in [4.69, 9.17) is 4.74 Å². The summed E-state index contributed by atoms with van der Waals surface area (Å²) in [5, 5.41) is 9.80. The van der Waals surface area contributed by atoms with Crippen LogP contribution in [0.2, 0.25) is 0 Å². The van der Waals surface area contributed by atoms with Crippen LogP contribution in [0.25, 0.3) is 0 Å². The second-order valence-electron chi connectivity index (χ2n) is 4.83. The van der Waals surface area contributed by atoms with Crippen LogP contribution >= 0.6 is 0 Å². The van der Waals surface area contributed by atoms with Gasteiger partial charge in [0.05, 0.1) is 6.61 Å². The van der Waals surface area contributed by atoms with Gasteiger partial charge in [-0.2, -0.15) is 0 Å². The zero-order valence-corrected chi connectivity index (χ0v) is 12.4. The summed E-state index contributed by atoms with van der Waals surface area (Å²) in [6.07, 6.45) is 1.66. The Morgan fingerprint density at radius 2 is 2.24 bits per heavy atom. The van der Waals surface area contributed by atoms with Gasteiger partial charge in [-0.3, -0.25) is 9.89 Å². The van der Waals surface area contributed by atoms with Crippen molar-refractivity contribution in [2.45, 2.75) is 32.7 Å². The van der Waals surface area contributed by atoms with Crippen LogP contribution in [0.5, 0.6) is 0 Å². The predicted molar refractivity (Wildman–Crippen MR) is 74.7 cm³/mol. The molecule has 21 heavy (non-hydrogen) atoms. The summed E-state index contributed by atoms with van der Waals surface area (Å²) in [5.74, 6) is 0.0499. The number of carbonyl (C=O) groups excluding carboxylic acids is 2. The summed E-state index contributed by atoms with van der Waals surface area (Å²) in [5.41, 5.74) is 0. The van der Waals surface area contributed by atoms with Crippen LogP contribution < -0.4 is 5.32 Å². The first-order chi connectivity index (χ1) is 10.2. The lowest BCUT2D eigenvalue weighted by molar-refractivity contribution is -0.149. The number of aromatic amines is 1. The zero-order chi connectivity index (χ0) is 15.2. The maximum absolute atomic E-state index is 12.5. The molecule has 1 aliphatic rings. The van der Waals surface area contributed by atoms with Crippen molar-refractivity contribution >= 4 is 11.9 Å². The zero-order valence-electron chi connectivity index (χ0n) is 12.4. The summed E-state index contributed by atoms with van der Waals surface area (Å²) in [4.78, 5) is 30.1. The molecule has 1 aromatic heterocycles. The molecule has 2 N–H and O–H groups in total. The summed E-state index contributed by atoms with van der Waals surface area (Å²) in [6.45, 7) is 5.51. The molecule has 1 aromatic rings. The fourth-order valence-electron chi connectivity index (χ4n) is 2.26. The first-order valence-corrected chi connectivity index (χ1v) is 7.27. The number of nitrogens with one attached hydrogen (secondary N) is 2. The van der Waals surface area contributed by atoms with Gasteiger partial charge in [0.25, 0.3) is 5.91 Å². The summed E-state index contributed by atoms with van der Waals surface area (Å²) < 4.78 is 5.02. The average Bonchev–Trinajstić information content (AvgIpc) is 2.96. The first kappa shape index (κ1) is 15.4. The molecule has 0 aliphatic carbocycles. The van der Waals surface area contributed by atoms with Gasteiger partial charge in [0.1, 0.15) is 11.9 Å². The van der Waals surface area contributed by atoms with E-state index >= 15 is 0 Å². The summed E-state index contributed by atoms with van der Waals surface area (Å²) in [7, 11) is 0. The molecule has 0 spiro atoms. The van der Waals surface area contributed by atoms with E-state index in [1.165, 1.54) is 4.90 Å². The lowest BCUT2D eigenvalue weighted by Gasteiger charge is -2.33. The second kappa shape index (κ2) is 7.16. The van der Waals surface area contributed by atoms with Crippen LogP contribution in [0.15, 0.2) is 0 Å². The molecule has 1 fully saturated rings. The van der Waals surface area contributed by atoms with Crippen molar-refractivity contribution in [3.05, 3.63) is 11.6 Å². The van der Waals surface area contributed by atoms with E-state index < -0.39 is 12.0 Å². The minimum Gasteiger partial charge on any atom is -0.464 e. The molecule has 8 nitrogen and oxygen atoms in total. The molecule has 2 rings (SSSR count). The SMILES string of the molecule is CCCc1nc(C(=O)N2CCNCC2C(=O)OCC)n[nH]1. The van der Waals surface area contributed by atoms with Gasteiger partial charge in [0, 0.05) is 26.1 Å². The highest BCUT2D eigenvalue weighted by molar-refractivity contribution is 5.94. The lowest BCUT2D eigenvalue weighted by Crippen LogP contribution is -2.57. The molecule has 0 aromatic carbocycles. The maximum atomic E-state index is 12.5. The van der Waals surface area contributed by atoms with E-state index in [-0.39, 0.29) is 11.7 Å². The molecule has 8 heteroatoms. The van der Waals surface area contributed by atoms with Gasteiger partial charge >= 0.3 is 5.97 Å². The predicted octanol–water partition coefficient (Wildman–Crippen LogP) is -0.266. The van der Waals surface area contributed by atoms with E-state index in [0.29, 0.717) is 32.1 Å². The van der Waals surface area contributed by atoms with Crippen molar-refractivity contribution < 1.29 is 14.3 Å². The summed E-state index contributed by atoms with van der Waals surface area (Å²) in [6, 6.07) is -0.626. The minimum absolute atomic E-state index is 0.106. The topological polar surface area (TPSA) is 100 Å². The van der Waals surface area contributed by atoms with Gasteiger partial charge in [-0.25, -0.2) is 9.78 Å². The van der Waals surface area contributed by atoms with Crippen LogP contribution in [0.1, 0.15) is 36.7 Å². The highest BCUT2D eigenvalue weighted by Crippen LogP contribution is 2.10. The molecular formula is C13H21N5O3. The van der Waals surface area contributed by atoms with Gasteiger partial charge < -0.3 is 15.0 Å². The number of hydrogen-bond donors (Lipinski definition) is 2. The van der Waals surface area contributed by atoms with Crippen LogP contribution in [0.3, 0.4) is 0 Å². The fraction of sp³-hybridized carbons (Fsp3) is 0.692. The third-order valence-electron chi connectivity index (χ3n) is 3.27. The summed E-state index contributed by atoms with van der Waals surface area (Å²) >= 11 is 0.